The second-order valence-electron chi connectivity index (χ2n) is 5.97. The molecule has 1 saturated heterocycles. The number of nitrogens with one attached hydrogen (secondary N) is 1. The molecule has 1 fully saturated rings. The van der Waals surface area contributed by atoms with Crippen molar-refractivity contribution < 1.29 is 4.42 Å². The van der Waals surface area contributed by atoms with Gasteiger partial charge < -0.3 is 14.6 Å². The van der Waals surface area contributed by atoms with Gasteiger partial charge in [0.2, 0.25) is 0 Å². The normalized spacial score (nSPS) is 18.3. The first-order valence-corrected chi connectivity index (χ1v) is 7.32. The summed E-state index contributed by atoms with van der Waals surface area (Å²) in [7, 11) is 2.18. The Morgan fingerprint density at radius 3 is 2.53 bits per heavy atom. The van der Waals surface area contributed by atoms with Gasteiger partial charge in [-0.05, 0) is 31.6 Å². The van der Waals surface area contributed by atoms with Gasteiger partial charge in [-0.15, -0.1) is 0 Å². The molecule has 1 aromatic heterocycles. The minimum Gasteiger partial charge on any atom is -0.463 e. The zero-order chi connectivity index (χ0) is 13.7. The third-order valence-electron chi connectivity index (χ3n) is 3.54. The molecule has 0 unspecified atom stereocenters. The quantitative estimate of drug-likeness (QED) is 0.849. The lowest BCUT2D eigenvalue weighted by Crippen LogP contribution is -2.43. The summed E-state index contributed by atoms with van der Waals surface area (Å²) in [6.07, 6.45) is 0. The number of hydrogen-bond donors (Lipinski definition) is 1. The number of likely N-dealkylation sites (N-methyl/N-ethyl adjacent to an activating group) is 1. The molecule has 19 heavy (non-hydrogen) atoms. The molecule has 2 rings (SSSR count). The maximum absolute atomic E-state index is 5.88. The van der Waals surface area contributed by atoms with Gasteiger partial charge in [0.15, 0.2) is 0 Å². The van der Waals surface area contributed by atoms with Crippen LogP contribution >= 0.6 is 0 Å². The topological polar surface area (TPSA) is 31.6 Å². The van der Waals surface area contributed by atoms with Crippen LogP contribution in [0.4, 0.5) is 0 Å². The van der Waals surface area contributed by atoms with Crippen molar-refractivity contribution in [1.29, 1.82) is 0 Å². The van der Waals surface area contributed by atoms with Gasteiger partial charge in [-0.3, -0.25) is 4.90 Å². The minimum absolute atomic E-state index is 0.680. The summed E-state index contributed by atoms with van der Waals surface area (Å²) in [5.41, 5.74) is 0. The molecule has 1 aliphatic heterocycles. The lowest BCUT2D eigenvalue weighted by Gasteiger charge is -2.31. The highest BCUT2D eigenvalue weighted by atomic mass is 16.3. The number of furan rings is 1. The van der Waals surface area contributed by atoms with E-state index in [4.69, 9.17) is 4.42 Å². The Hall–Kier alpha value is -0.840. The van der Waals surface area contributed by atoms with E-state index in [0.717, 1.165) is 57.3 Å². The Balaban J connectivity index is 1.74. The van der Waals surface area contributed by atoms with Crippen LogP contribution in [0.25, 0.3) is 0 Å². The molecule has 0 aromatic carbocycles. The number of rotatable bonds is 6. The minimum atomic E-state index is 0.680. The number of nitrogens with zero attached hydrogens (tertiary/aromatic N) is 2. The SMILES string of the molecule is CC(C)CNCc1ccc(CN2CCN(C)CC2)o1. The van der Waals surface area contributed by atoms with Crippen molar-refractivity contribution in [3.8, 4) is 0 Å². The fraction of sp³-hybridized carbons (Fsp3) is 0.733. The number of hydrogen-bond acceptors (Lipinski definition) is 4. The van der Waals surface area contributed by atoms with Crippen molar-refractivity contribution in [3.63, 3.8) is 0 Å². The van der Waals surface area contributed by atoms with Gasteiger partial charge in [-0.25, -0.2) is 0 Å². The van der Waals surface area contributed by atoms with E-state index in [1.807, 2.05) is 0 Å². The molecule has 0 atom stereocenters. The predicted octanol–water partition coefficient (Wildman–Crippen LogP) is 1.77. The molecule has 1 N–H and O–H groups in total. The molecule has 0 bridgehead atoms. The summed E-state index contributed by atoms with van der Waals surface area (Å²) < 4.78 is 5.88. The first-order chi connectivity index (χ1) is 9.13. The monoisotopic (exact) mass is 265 g/mol. The van der Waals surface area contributed by atoms with Gasteiger partial charge in [0.05, 0.1) is 13.1 Å². The predicted molar refractivity (Wildman–Crippen MR) is 78.0 cm³/mol. The molecule has 0 aliphatic carbocycles. The van der Waals surface area contributed by atoms with E-state index < -0.39 is 0 Å². The van der Waals surface area contributed by atoms with Crippen LogP contribution in [-0.4, -0.2) is 49.6 Å². The molecule has 1 aromatic rings. The second kappa shape index (κ2) is 7.08. The number of piperazine rings is 1. The second-order valence-corrected chi connectivity index (χ2v) is 5.97. The highest BCUT2D eigenvalue weighted by Crippen LogP contribution is 2.12. The summed E-state index contributed by atoms with van der Waals surface area (Å²) in [5, 5.41) is 3.41. The van der Waals surface area contributed by atoms with Gasteiger partial charge in [-0.1, -0.05) is 13.8 Å². The first-order valence-electron chi connectivity index (χ1n) is 7.32. The average molecular weight is 265 g/mol. The van der Waals surface area contributed by atoms with Gasteiger partial charge in [0.1, 0.15) is 11.5 Å². The summed E-state index contributed by atoms with van der Waals surface area (Å²) in [4.78, 5) is 4.84. The van der Waals surface area contributed by atoms with Crippen LogP contribution in [0.3, 0.4) is 0 Å². The van der Waals surface area contributed by atoms with Crippen LogP contribution in [-0.2, 0) is 13.1 Å². The molecule has 4 heteroatoms. The molecular weight excluding hydrogens is 238 g/mol. The Kier molecular flexibility index (Phi) is 5.43. The van der Waals surface area contributed by atoms with E-state index in [1.54, 1.807) is 0 Å². The first kappa shape index (κ1) is 14.6. The van der Waals surface area contributed by atoms with Crippen LogP contribution < -0.4 is 5.32 Å². The van der Waals surface area contributed by atoms with E-state index in [0.29, 0.717) is 5.92 Å². The lowest BCUT2D eigenvalue weighted by atomic mass is 10.2. The third-order valence-corrected chi connectivity index (χ3v) is 3.54. The lowest BCUT2D eigenvalue weighted by molar-refractivity contribution is 0.139. The average Bonchev–Trinajstić information content (AvgIpc) is 2.79. The molecule has 108 valence electrons. The zero-order valence-electron chi connectivity index (χ0n) is 12.5. The molecule has 0 amide bonds. The van der Waals surface area contributed by atoms with Crippen LogP contribution in [0.2, 0.25) is 0 Å². The van der Waals surface area contributed by atoms with Crippen molar-refractivity contribution in [2.24, 2.45) is 5.92 Å². The van der Waals surface area contributed by atoms with E-state index in [1.165, 1.54) is 0 Å². The molecule has 0 spiro atoms. The smallest absolute Gasteiger partial charge is 0.118 e. The Labute approximate surface area is 116 Å². The van der Waals surface area contributed by atoms with Crippen LogP contribution in [0.1, 0.15) is 25.4 Å². The van der Waals surface area contributed by atoms with Crippen molar-refractivity contribution in [2.75, 3.05) is 39.8 Å². The fourth-order valence-corrected chi connectivity index (χ4v) is 2.31. The summed E-state index contributed by atoms with van der Waals surface area (Å²) in [6, 6.07) is 4.21. The zero-order valence-corrected chi connectivity index (χ0v) is 12.5. The van der Waals surface area contributed by atoms with Crippen molar-refractivity contribution in [3.05, 3.63) is 23.7 Å². The van der Waals surface area contributed by atoms with Crippen molar-refractivity contribution in [2.45, 2.75) is 26.9 Å². The van der Waals surface area contributed by atoms with Crippen molar-refractivity contribution in [1.82, 2.24) is 15.1 Å². The summed E-state index contributed by atoms with van der Waals surface area (Å²) >= 11 is 0. The Morgan fingerprint density at radius 1 is 1.16 bits per heavy atom. The molecular formula is C15H27N3O. The van der Waals surface area contributed by atoms with E-state index in [2.05, 4.69) is 48.1 Å². The molecule has 4 nitrogen and oxygen atoms in total. The summed E-state index contributed by atoms with van der Waals surface area (Å²) in [6.45, 7) is 11.8. The van der Waals surface area contributed by atoms with E-state index >= 15 is 0 Å². The highest BCUT2D eigenvalue weighted by molar-refractivity contribution is 5.07. The van der Waals surface area contributed by atoms with E-state index in [-0.39, 0.29) is 0 Å². The molecule has 2 heterocycles. The van der Waals surface area contributed by atoms with Crippen LogP contribution in [0.5, 0.6) is 0 Å². The standard InChI is InChI=1S/C15H27N3O/c1-13(2)10-16-11-14-4-5-15(19-14)12-18-8-6-17(3)7-9-18/h4-5,13,16H,6-12H2,1-3H3. The van der Waals surface area contributed by atoms with Crippen LogP contribution in [0, 0.1) is 5.92 Å². The highest BCUT2D eigenvalue weighted by Gasteiger charge is 2.15. The van der Waals surface area contributed by atoms with Crippen LogP contribution in [0.15, 0.2) is 16.5 Å². The van der Waals surface area contributed by atoms with Gasteiger partial charge in [0.25, 0.3) is 0 Å². The van der Waals surface area contributed by atoms with Crippen molar-refractivity contribution >= 4 is 0 Å². The summed E-state index contributed by atoms with van der Waals surface area (Å²) in [5.74, 6) is 2.82. The Bertz CT molecular complexity index is 367. The third kappa shape index (κ3) is 4.97. The largest absolute Gasteiger partial charge is 0.463 e. The Morgan fingerprint density at radius 2 is 1.84 bits per heavy atom. The van der Waals surface area contributed by atoms with Gasteiger partial charge in [0, 0.05) is 26.2 Å². The van der Waals surface area contributed by atoms with Gasteiger partial charge >= 0.3 is 0 Å². The maximum Gasteiger partial charge on any atom is 0.118 e. The van der Waals surface area contributed by atoms with E-state index in [9.17, 15) is 0 Å². The molecule has 0 saturated carbocycles. The molecule has 0 radical (unpaired) electrons. The maximum atomic E-state index is 5.88. The fourth-order valence-electron chi connectivity index (χ4n) is 2.31. The molecule has 1 aliphatic rings. The van der Waals surface area contributed by atoms with Gasteiger partial charge in [-0.2, -0.15) is 0 Å².